The van der Waals surface area contributed by atoms with E-state index >= 15 is 0 Å². The molecule has 0 bridgehead atoms. The van der Waals surface area contributed by atoms with Gasteiger partial charge in [-0.1, -0.05) is 6.07 Å². The number of piperidine rings is 1. The molecule has 1 aliphatic rings. The summed E-state index contributed by atoms with van der Waals surface area (Å²) in [7, 11) is 0. The second-order valence-electron chi connectivity index (χ2n) is 8.60. The van der Waals surface area contributed by atoms with Crippen molar-refractivity contribution in [1.82, 2.24) is 30.0 Å². The van der Waals surface area contributed by atoms with Gasteiger partial charge in [0.25, 0.3) is 5.91 Å². The topological polar surface area (TPSA) is 112 Å². The summed E-state index contributed by atoms with van der Waals surface area (Å²) in [4.78, 5) is 23.9. The SMILES string of the molecule is Cc1cc(C)n(CCCNC(=O)c2csc(Nc3cccc([C@H]4CCCN(CC#N)C4)n3)n2)n1. The summed E-state index contributed by atoms with van der Waals surface area (Å²) in [6, 6.07) is 10.2. The van der Waals surface area contributed by atoms with Gasteiger partial charge in [-0.15, -0.1) is 11.3 Å². The van der Waals surface area contributed by atoms with Crippen LogP contribution in [0.5, 0.6) is 0 Å². The highest BCUT2D eigenvalue weighted by atomic mass is 32.1. The van der Waals surface area contributed by atoms with Gasteiger partial charge in [-0.2, -0.15) is 10.4 Å². The van der Waals surface area contributed by atoms with E-state index in [1.807, 2.05) is 42.8 Å². The molecule has 0 radical (unpaired) electrons. The number of nitrogens with zero attached hydrogens (tertiary/aromatic N) is 6. The van der Waals surface area contributed by atoms with Crippen molar-refractivity contribution in [3.05, 3.63) is 52.4 Å². The summed E-state index contributed by atoms with van der Waals surface area (Å²) in [5, 5.41) is 22.0. The molecule has 0 aromatic carbocycles. The molecule has 1 fully saturated rings. The minimum absolute atomic E-state index is 0.181. The Morgan fingerprint density at radius 2 is 2.21 bits per heavy atom. The average molecular weight is 479 g/mol. The number of aromatic nitrogens is 4. The molecule has 1 saturated heterocycles. The lowest BCUT2D eigenvalue weighted by atomic mass is 9.94. The fourth-order valence-electron chi connectivity index (χ4n) is 4.26. The van der Waals surface area contributed by atoms with E-state index in [0.717, 1.165) is 56.0 Å². The van der Waals surface area contributed by atoms with Gasteiger partial charge in [0.05, 0.1) is 18.3 Å². The van der Waals surface area contributed by atoms with Crippen LogP contribution >= 0.6 is 11.3 Å². The first-order valence-corrected chi connectivity index (χ1v) is 12.5. The van der Waals surface area contributed by atoms with Crippen molar-refractivity contribution in [2.75, 3.05) is 31.5 Å². The second kappa shape index (κ2) is 11.2. The van der Waals surface area contributed by atoms with E-state index in [2.05, 4.69) is 31.7 Å². The van der Waals surface area contributed by atoms with Gasteiger partial charge >= 0.3 is 0 Å². The molecule has 4 rings (SSSR count). The van der Waals surface area contributed by atoms with Crippen molar-refractivity contribution in [3.63, 3.8) is 0 Å². The van der Waals surface area contributed by atoms with E-state index in [1.165, 1.54) is 11.3 Å². The third kappa shape index (κ3) is 6.18. The smallest absolute Gasteiger partial charge is 0.270 e. The number of thiazole rings is 1. The largest absolute Gasteiger partial charge is 0.351 e. The van der Waals surface area contributed by atoms with Crippen LogP contribution in [0.4, 0.5) is 10.9 Å². The van der Waals surface area contributed by atoms with Gasteiger partial charge < -0.3 is 10.6 Å². The number of anilines is 2. The van der Waals surface area contributed by atoms with Crippen LogP contribution in [-0.2, 0) is 6.54 Å². The number of likely N-dealkylation sites (tertiary alicyclic amines) is 1. The molecule has 2 N–H and O–H groups in total. The predicted octanol–water partition coefficient (Wildman–Crippen LogP) is 3.62. The second-order valence-corrected chi connectivity index (χ2v) is 9.46. The maximum atomic E-state index is 12.5. The fourth-order valence-corrected chi connectivity index (χ4v) is 4.95. The predicted molar refractivity (Wildman–Crippen MR) is 132 cm³/mol. The fraction of sp³-hybridized carbons (Fsp3) is 0.458. The van der Waals surface area contributed by atoms with Gasteiger partial charge in [0.15, 0.2) is 5.13 Å². The van der Waals surface area contributed by atoms with Crippen molar-refractivity contribution in [1.29, 1.82) is 5.26 Å². The molecule has 3 aromatic heterocycles. The Morgan fingerprint density at radius 3 is 3.00 bits per heavy atom. The first-order valence-electron chi connectivity index (χ1n) is 11.6. The Morgan fingerprint density at radius 1 is 1.32 bits per heavy atom. The van der Waals surface area contributed by atoms with Crippen molar-refractivity contribution < 1.29 is 4.79 Å². The van der Waals surface area contributed by atoms with Crippen LogP contribution in [-0.4, -0.2) is 56.7 Å². The van der Waals surface area contributed by atoms with Crippen LogP contribution in [0.3, 0.4) is 0 Å². The molecular weight excluding hydrogens is 448 g/mol. The van der Waals surface area contributed by atoms with E-state index in [9.17, 15) is 4.79 Å². The highest BCUT2D eigenvalue weighted by molar-refractivity contribution is 7.14. The Bertz CT molecular complexity index is 1160. The highest BCUT2D eigenvalue weighted by Crippen LogP contribution is 2.27. The molecule has 1 aliphatic heterocycles. The first-order chi connectivity index (χ1) is 16.5. The Kier molecular flexibility index (Phi) is 7.87. The molecule has 1 atom stereocenters. The van der Waals surface area contributed by atoms with E-state index in [-0.39, 0.29) is 5.91 Å². The minimum Gasteiger partial charge on any atom is -0.351 e. The van der Waals surface area contributed by atoms with Gasteiger partial charge in [0, 0.05) is 42.3 Å². The zero-order valence-electron chi connectivity index (χ0n) is 19.6. The zero-order valence-corrected chi connectivity index (χ0v) is 20.4. The van der Waals surface area contributed by atoms with E-state index in [1.54, 1.807) is 5.38 Å². The maximum absolute atomic E-state index is 12.5. The average Bonchev–Trinajstić information content (AvgIpc) is 3.42. The molecule has 9 nitrogen and oxygen atoms in total. The maximum Gasteiger partial charge on any atom is 0.270 e. The number of carbonyl (C=O) groups excluding carboxylic acids is 1. The third-order valence-corrected chi connectivity index (χ3v) is 6.65. The van der Waals surface area contributed by atoms with Crippen molar-refractivity contribution in [3.8, 4) is 6.07 Å². The van der Waals surface area contributed by atoms with Crippen molar-refractivity contribution in [2.24, 2.45) is 0 Å². The summed E-state index contributed by atoms with van der Waals surface area (Å²) in [5.41, 5.74) is 3.54. The lowest BCUT2D eigenvalue weighted by Gasteiger charge is -2.30. The van der Waals surface area contributed by atoms with Crippen LogP contribution in [0.15, 0.2) is 29.6 Å². The van der Waals surface area contributed by atoms with Crippen LogP contribution in [0.1, 0.15) is 52.8 Å². The number of rotatable bonds is 9. The van der Waals surface area contributed by atoms with Gasteiger partial charge in [0.1, 0.15) is 11.5 Å². The zero-order chi connectivity index (χ0) is 23.9. The number of hydrogen-bond donors (Lipinski definition) is 2. The van der Waals surface area contributed by atoms with Crippen LogP contribution in [0.2, 0.25) is 0 Å². The monoisotopic (exact) mass is 478 g/mol. The molecule has 34 heavy (non-hydrogen) atoms. The molecule has 4 heterocycles. The Labute approximate surface area is 203 Å². The molecule has 0 saturated carbocycles. The van der Waals surface area contributed by atoms with Gasteiger partial charge in [0.2, 0.25) is 0 Å². The van der Waals surface area contributed by atoms with Crippen LogP contribution < -0.4 is 10.6 Å². The number of carbonyl (C=O) groups is 1. The van der Waals surface area contributed by atoms with E-state index < -0.39 is 0 Å². The molecule has 0 unspecified atom stereocenters. The normalized spacial score (nSPS) is 16.2. The van der Waals surface area contributed by atoms with E-state index in [0.29, 0.717) is 35.7 Å². The number of nitriles is 1. The lowest BCUT2D eigenvalue weighted by Crippen LogP contribution is -2.34. The minimum atomic E-state index is -0.181. The molecule has 0 spiro atoms. The Hall–Kier alpha value is -3.29. The summed E-state index contributed by atoms with van der Waals surface area (Å²) in [5.74, 6) is 0.844. The van der Waals surface area contributed by atoms with Crippen molar-refractivity contribution >= 4 is 28.2 Å². The van der Waals surface area contributed by atoms with Crippen LogP contribution in [0, 0.1) is 25.2 Å². The Balaban J connectivity index is 1.28. The molecule has 1 amide bonds. The van der Waals surface area contributed by atoms with Gasteiger partial charge in [-0.05, 0) is 57.9 Å². The molecular formula is C24H30N8OS. The lowest BCUT2D eigenvalue weighted by molar-refractivity contribution is 0.0948. The summed E-state index contributed by atoms with van der Waals surface area (Å²) < 4.78 is 1.96. The third-order valence-electron chi connectivity index (χ3n) is 5.90. The molecule has 0 aliphatic carbocycles. The van der Waals surface area contributed by atoms with E-state index in [4.69, 9.17) is 10.2 Å². The summed E-state index contributed by atoms with van der Waals surface area (Å²) in [6.45, 7) is 7.61. The highest BCUT2D eigenvalue weighted by Gasteiger charge is 2.22. The number of pyridine rings is 1. The van der Waals surface area contributed by atoms with Crippen LogP contribution in [0.25, 0.3) is 0 Å². The number of nitrogens with one attached hydrogen (secondary N) is 2. The number of hydrogen-bond acceptors (Lipinski definition) is 8. The standard InChI is InChI=1S/C24H30N8OS/c1-17-14-18(2)32(30-17)12-5-10-26-23(33)21-16-34-24(28-21)29-22-8-3-7-20(27-22)19-6-4-11-31(15-19)13-9-25/h3,7-8,14,16,19H,4-6,10-13,15H2,1-2H3,(H,26,33)(H,27,28,29)/t19-/m0/s1. The summed E-state index contributed by atoms with van der Waals surface area (Å²) in [6.07, 6.45) is 2.93. The first kappa shape index (κ1) is 23.9. The quantitative estimate of drug-likeness (QED) is 0.357. The van der Waals surface area contributed by atoms with Gasteiger partial charge in [-0.3, -0.25) is 14.4 Å². The molecule has 3 aromatic rings. The van der Waals surface area contributed by atoms with Crippen molar-refractivity contribution in [2.45, 2.75) is 45.6 Å². The number of amides is 1. The van der Waals surface area contributed by atoms with Gasteiger partial charge in [-0.25, -0.2) is 9.97 Å². The summed E-state index contributed by atoms with van der Waals surface area (Å²) >= 11 is 1.38. The molecule has 10 heteroatoms. The molecule has 178 valence electrons. The number of aryl methyl sites for hydroxylation is 3.